The number of aryl methyl sites for hydroxylation is 1. The Labute approximate surface area is 172 Å². The van der Waals surface area contributed by atoms with Crippen LogP contribution in [0.25, 0.3) is 11.2 Å². The lowest BCUT2D eigenvalue weighted by molar-refractivity contribution is 0.591. The monoisotopic (exact) mass is 410 g/mol. The number of nitrogens with zero attached hydrogens (tertiary/aromatic N) is 6. The van der Waals surface area contributed by atoms with Crippen molar-refractivity contribution in [3.63, 3.8) is 0 Å². The molecule has 1 aromatic carbocycles. The van der Waals surface area contributed by atoms with Crippen LogP contribution in [0, 0.1) is 5.82 Å². The molecular weight excluding hydrogens is 387 g/mol. The lowest BCUT2D eigenvalue weighted by atomic mass is 10.2. The smallest absolute Gasteiger partial charge is 0.294 e. The molecule has 1 aliphatic rings. The fourth-order valence-corrected chi connectivity index (χ4v) is 3.69. The van der Waals surface area contributed by atoms with E-state index in [1.54, 1.807) is 41.7 Å². The van der Waals surface area contributed by atoms with Gasteiger partial charge in [0.2, 0.25) is 5.95 Å². The largest absolute Gasteiger partial charge is 0.332 e. The van der Waals surface area contributed by atoms with Crippen LogP contribution in [0.4, 0.5) is 10.3 Å². The lowest BCUT2D eigenvalue weighted by Gasteiger charge is -2.29. The van der Waals surface area contributed by atoms with Crippen molar-refractivity contribution in [1.82, 2.24) is 18.7 Å². The van der Waals surface area contributed by atoms with Gasteiger partial charge in [0.05, 0.1) is 24.8 Å². The minimum absolute atomic E-state index is 0.127. The summed E-state index contributed by atoms with van der Waals surface area (Å²) in [5.74, 6) is 0.0504. The average molecular weight is 410 g/mol. The van der Waals surface area contributed by atoms with Gasteiger partial charge in [0, 0.05) is 12.6 Å². The molecule has 30 heavy (non-hydrogen) atoms. The molecule has 0 aliphatic carbocycles. The van der Waals surface area contributed by atoms with Crippen molar-refractivity contribution in [1.29, 1.82) is 0 Å². The van der Waals surface area contributed by atoms with E-state index >= 15 is 0 Å². The van der Waals surface area contributed by atoms with Gasteiger partial charge in [-0.05, 0) is 26.8 Å². The van der Waals surface area contributed by atoms with E-state index in [-0.39, 0.29) is 30.6 Å². The van der Waals surface area contributed by atoms with Crippen LogP contribution in [-0.2, 0) is 20.1 Å². The van der Waals surface area contributed by atoms with Crippen molar-refractivity contribution >= 4 is 22.8 Å². The Morgan fingerprint density at radius 1 is 1.27 bits per heavy atom. The van der Waals surface area contributed by atoms with Crippen molar-refractivity contribution in [2.75, 3.05) is 5.01 Å². The first-order valence-corrected chi connectivity index (χ1v) is 9.63. The second-order valence-electron chi connectivity index (χ2n) is 7.71. The van der Waals surface area contributed by atoms with Crippen molar-refractivity contribution in [3.8, 4) is 0 Å². The first-order valence-electron chi connectivity index (χ1n) is 9.63. The van der Waals surface area contributed by atoms with E-state index in [4.69, 9.17) is 0 Å². The van der Waals surface area contributed by atoms with Gasteiger partial charge < -0.3 is 0 Å². The third-order valence-corrected chi connectivity index (χ3v) is 5.36. The van der Waals surface area contributed by atoms with Gasteiger partial charge in [-0.3, -0.25) is 18.5 Å². The molecule has 3 aromatic rings. The Morgan fingerprint density at radius 2 is 1.97 bits per heavy atom. The predicted molar refractivity (Wildman–Crippen MR) is 114 cm³/mol. The van der Waals surface area contributed by atoms with Gasteiger partial charge in [0.15, 0.2) is 11.2 Å². The van der Waals surface area contributed by atoms with Gasteiger partial charge in [-0.1, -0.05) is 30.4 Å². The molecule has 4 rings (SSSR count). The Bertz CT molecular complexity index is 1330. The van der Waals surface area contributed by atoms with Gasteiger partial charge in [-0.2, -0.15) is 10.1 Å². The van der Waals surface area contributed by atoms with Crippen LogP contribution in [0.15, 0.2) is 51.1 Å². The van der Waals surface area contributed by atoms with Gasteiger partial charge in [0.1, 0.15) is 5.82 Å². The maximum absolute atomic E-state index is 14.2. The highest BCUT2D eigenvalue weighted by atomic mass is 19.1. The minimum Gasteiger partial charge on any atom is -0.294 e. The highest BCUT2D eigenvalue weighted by Gasteiger charge is 2.31. The second-order valence-corrected chi connectivity index (χ2v) is 7.71. The maximum Gasteiger partial charge on any atom is 0.332 e. The van der Waals surface area contributed by atoms with Gasteiger partial charge in [-0.25, -0.2) is 14.2 Å². The Hall–Kier alpha value is -3.49. The first-order chi connectivity index (χ1) is 14.2. The van der Waals surface area contributed by atoms with Crippen LogP contribution in [0.1, 0.15) is 32.4 Å². The van der Waals surface area contributed by atoms with E-state index in [9.17, 15) is 14.0 Å². The molecule has 0 saturated carbocycles. The van der Waals surface area contributed by atoms with Gasteiger partial charge >= 0.3 is 5.69 Å². The van der Waals surface area contributed by atoms with Crippen LogP contribution in [0.2, 0.25) is 0 Å². The zero-order chi connectivity index (χ0) is 21.7. The zero-order valence-corrected chi connectivity index (χ0v) is 17.4. The molecule has 0 amide bonds. The molecule has 0 unspecified atom stereocenters. The maximum atomic E-state index is 14.2. The fourth-order valence-electron chi connectivity index (χ4n) is 3.69. The summed E-state index contributed by atoms with van der Waals surface area (Å²) in [6.07, 6.45) is 0. The van der Waals surface area contributed by atoms with E-state index in [0.717, 1.165) is 10.3 Å². The lowest BCUT2D eigenvalue weighted by Crippen LogP contribution is -2.40. The summed E-state index contributed by atoms with van der Waals surface area (Å²) in [5, 5.41) is 6.15. The number of aromatic nitrogens is 4. The molecule has 0 bridgehead atoms. The van der Waals surface area contributed by atoms with E-state index in [1.807, 2.05) is 13.8 Å². The topological polar surface area (TPSA) is 77.4 Å². The standard InChI is InChI=1S/C21H23FN6O2/c1-12(2)10-26-19(29)17-18(25(5)21(26)30)23-20-27(24-13(3)14(4)28(17)20)11-15-8-6-7-9-16(15)22/h6-9,14H,1,10-11H2,2-5H3/t14-/m1/s1. The number of benzene rings is 1. The fraction of sp³-hybridized carbons (Fsp3) is 0.333. The summed E-state index contributed by atoms with van der Waals surface area (Å²) in [4.78, 5) is 30.6. The third kappa shape index (κ3) is 2.97. The van der Waals surface area contributed by atoms with Crippen LogP contribution >= 0.6 is 0 Å². The van der Waals surface area contributed by atoms with Gasteiger partial charge in [-0.15, -0.1) is 0 Å². The van der Waals surface area contributed by atoms with Crippen LogP contribution in [0.5, 0.6) is 0 Å². The summed E-state index contributed by atoms with van der Waals surface area (Å²) in [5.41, 5.74) is 1.59. The summed E-state index contributed by atoms with van der Waals surface area (Å²) in [7, 11) is 1.58. The highest BCUT2D eigenvalue weighted by Crippen LogP contribution is 2.31. The number of hydrogen-bond donors (Lipinski definition) is 0. The molecule has 1 aliphatic heterocycles. The van der Waals surface area contributed by atoms with E-state index < -0.39 is 11.2 Å². The second kappa shape index (κ2) is 7.08. The Balaban J connectivity index is 1.98. The molecule has 3 heterocycles. The van der Waals surface area contributed by atoms with Crippen LogP contribution in [-0.4, -0.2) is 24.4 Å². The molecular formula is C21H23FN6O2. The molecule has 156 valence electrons. The summed E-state index contributed by atoms with van der Waals surface area (Å²) < 4.78 is 18.5. The Kier molecular flexibility index (Phi) is 4.68. The molecule has 0 radical (unpaired) electrons. The van der Waals surface area contributed by atoms with E-state index in [0.29, 0.717) is 22.6 Å². The number of hydrogen-bond acceptors (Lipinski definition) is 5. The number of halogens is 1. The van der Waals surface area contributed by atoms with E-state index in [2.05, 4.69) is 16.7 Å². The number of hydrazone groups is 1. The van der Waals surface area contributed by atoms with Crippen molar-refractivity contribution in [3.05, 3.63) is 68.6 Å². The summed E-state index contributed by atoms with van der Waals surface area (Å²) in [6.45, 7) is 9.62. The van der Waals surface area contributed by atoms with E-state index in [1.165, 1.54) is 10.6 Å². The predicted octanol–water partition coefficient (Wildman–Crippen LogP) is 2.57. The number of allylic oxidation sites excluding steroid dienone is 1. The SMILES string of the molecule is C=C(C)Cn1c(=O)c2c(nc3n2[C@H](C)C(C)=NN3Cc2ccccc2F)n(C)c1=O. The molecule has 0 saturated heterocycles. The van der Waals surface area contributed by atoms with Crippen molar-refractivity contribution < 1.29 is 4.39 Å². The Morgan fingerprint density at radius 3 is 2.63 bits per heavy atom. The average Bonchev–Trinajstić information content (AvgIpc) is 3.10. The summed E-state index contributed by atoms with van der Waals surface area (Å²) >= 11 is 0. The first kappa shape index (κ1) is 19.8. The zero-order valence-electron chi connectivity index (χ0n) is 17.4. The molecule has 2 aromatic heterocycles. The van der Waals surface area contributed by atoms with Gasteiger partial charge in [0.25, 0.3) is 5.56 Å². The van der Waals surface area contributed by atoms with Crippen LogP contribution < -0.4 is 16.3 Å². The molecule has 1 atom stereocenters. The number of anilines is 1. The molecule has 0 fully saturated rings. The normalized spacial score (nSPS) is 16.0. The number of imidazole rings is 1. The number of fused-ring (bicyclic) bond motifs is 3. The third-order valence-electron chi connectivity index (χ3n) is 5.36. The molecule has 8 nitrogen and oxygen atoms in total. The molecule has 9 heteroatoms. The highest BCUT2D eigenvalue weighted by molar-refractivity contribution is 5.91. The van der Waals surface area contributed by atoms with Crippen molar-refractivity contribution in [2.24, 2.45) is 12.1 Å². The number of rotatable bonds is 4. The quantitative estimate of drug-likeness (QED) is 0.620. The van der Waals surface area contributed by atoms with Crippen molar-refractivity contribution in [2.45, 2.75) is 39.9 Å². The minimum atomic E-state index is -0.461. The van der Waals surface area contributed by atoms with Crippen LogP contribution in [0.3, 0.4) is 0 Å². The molecule has 0 spiro atoms. The summed E-state index contributed by atoms with van der Waals surface area (Å²) in [6, 6.07) is 6.21. The molecule has 0 N–H and O–H groups in total.